The number of hydrogen-bond donors (Lipinski definition) is 4. The van der Waals surface area contributed by atoms with Crippen molar-refractivity contribution in [3.63, 3.8) is 0 Å². The zero-order valence-electron chi connectivity index (χ0n) is 25.4. The summed E-state index contributed by atoms with van der Waals surface area (Å²) in [7, 11) is 0. The first-order valence-corrected chi connectivity index (χ1v) is 15.2. The Morgan fingerprint density at radius 3 is 1.84 bits per heavy atom. The molecule has 45 heavy (non-hydrogen) atoms. The molecule has 0 fully saturated rings. The van der Waals surface area contributed by atoms with Gasteiger partial charge in [0.2, 0.25) is 5.91 Å². The molecule has 0 aromatic heterocycles. The number of amides is 2. The van der Waals surface area contributed by atoms with Crippen molar-refractivity contribution >= 4 is 17.8 Å². The number of ketones is 1. The highest BCUT2D eigenvalue weighted by molar-refractivity contribution is 5.90. The molecule has 0 spiro atoms. The average molecular weight is 608 g/mol. The first-order chi connectivity index (χ1) is 21.8. The number of hydrogen-bond acceptors (Lipinski definition) is 6. The number of aliphatic hydroxyl groups excluding tert-OH is 1. The topological polar surface area (TPSA) is 131 Å². The highest BCUT2D eigenvalue weighted by atomic mass is 16.5. The van der Waals surface area contributed by atoms with Crippen LogP contribution in [0.15, 0.2) is 121 Å². The van der Waals surface area contributed by atoms with Crippen LogP contribution < -0.4 is 16.4 Å². The predicted molar refractivity (Wildman–Crippen MR) is 174 cm³/mol. The maximum absolute atomic E-state index is 13.9. The molecule has 0 saturated heterocycles. The van der Waals surface area contributed by atoms with Crippen molar-refractivity contribution in [2.75, 3.05) is 0 Å². The van der Waals surface area contributed by atoms with Crippen LogP contribution in [0.4, 0.5) is 4.79 Å². The molecule has 8 heteroatoms. The zero-order chi connectivity index (χ0) is 32.0. The van der Waals surface area contributed by atoms with E-state index in [0.717, 1.165) is 16.7 Å². The lowest BCUT2D eigenvalue weighted by atomic mass is 9.79. The van der Waals surface area contributed by atoms with Crippen LogP contribution in [0.2, 0.25) is 0 Å². The van der Waals surface area contributed by atoms with Crippen LogP contribution in [0, 0.1) is 11.8 Å². The number of nitrogens with one attached hydrogen (secondary N) is 2. The Bertz CT molecular complexity index is 1490. The SMILES string of the molecule is C[C@H](NC(=O)OCc1ccccc1)C(=O)[C@@H](C(N)c1ccccc1)[C@@H](O)C[C@@H](Cc1ccccc1)C(=O)NCc1ccccc1. The van der Waals surface area contributed by atoms with Gasteiger partial charge in [-0.1, -0.05) is 121 Å². The third-order valence-electron chi connectivity index (χ3n) is 7.82. The van der Waals surface area contributed by atoms with Crippen molar-refractivity contribution in [3.8, 4) is 0 Å². The zero-order valence-corrected chi connectivity index (χ0v) is 25.4. The van der Waals surface area contributed by atoms with E-state index >= 15 is 0 Å². The Morgan fingerprint density at radius 1 is 0.756 bits per heavy atom. The normalized spacial score (nSPS) is 14.3. The van der Waals surface area contributed by atoms with E-state index in [-0.39, 0.29) is 18.9 Å². The largest absolute Gasteiger partial charge is 0.445 e. The number of alkyl carbamates (subject to hydrolysis) is 1. The van der Waals surface area contributed by atoms with Gasteiger partial charge in [-0.3, -0.25) is 9.59 Å². The van der Waals surface area contributed by atoms with Crippen molar-refractivity contribution < 1.29 is 24.2 Å². The van der Waals surface area contributed by atoms with E-state index in [4.69, 9.17) is 10.5 Å². The van der Waals surface area contributed by atoms with Gasteiger partial charge in [-0.2, -0.15) is 0 Å². The van der Waals surface area contributed by atoms with Gasteiger partial charge < -0.3 is 26.2 Å². The van der Waals surface area contributed by atoms with Crippen LogP contribution in [0.5, 0.6) is 0 Å². The van der Waals surface area contributed by atoms with Gasteiger partial charge in [0.15, 0.2) is 5.78 Å². The quantitative estimate of drug-likeness (QED) is 0.149. The van der Waals surface area contributed by atoms with E-state index in [0.29, 0.717) is 18.5 Å². The van der Waals surface area contributed by atoms with E-state index in [1.54, 1.807) is 24.3 Å². The second-order valence-corrected chi connectivity index (χ2v) is 11.2. The Kier molecular flexibility index (Phi) is 12.4. The lowest BCUT2D eigenvalue weighted by Crippen LogP contribution is -2.49. The lowest BCUT2D eigenvalue weighted by Gasteiger charge is -2.32. The van der Waals surface area contributed by atoms with Crippen LogP contribution in [0.3, 0.4) is 0 Å². The summed E-state index contributed by atoms with van der Waals surface area (Å²) < 4.78 is 5.31. The fourth-order valence-electron chi connectivity index (χ4n) is 5.34. The first-order valence-electron chi connectivity index (χ1n) is 15.2. The maximum atomic E-state index is 13.9. The molecule has 0 aliphatic carbocycles. The summed E-state index contributed by atoms with van der Waals surface area (Å²) in [6.07, 6.45) is -1.70. The number of rotatable bonds is 15. The van der Waals surface area contributed by atoms with Gasteiger partial charge in [0, 0.05) is 18.5 Å². The minimum absolute atomic E-state index is 0.0162. The van der Waals surface area contributed by atoms with Gasteiger partial charge in [-0.05, 0) is 42.0 Å². The van der Waals surface area contributed by atoms with Crippen LogP contribution in [-0.2, 0) is 33.9 Å². The predicted octanol–water partition coefficient (Wildman–Crippen LogP) is 5.11. The number of Topliss-reactive ketones (excluding diaryl/α,β-unsaturated/α-hetero) is 1. The minimum atomic E-state index is -1.28. The molecular formula is C37H41N3O5. The molecule has 8 nitrogen and oxygen atoms in total. The second kappa shape index (κ2) is 16.9. The number of ether oxygens (including phenoxy) is 1. The summed E-state index contributed by atoms with van der Waals surface area (Å²) in [5.74, 6) is -2.46. The van der Waals surface area contributed by atoms with E-state index in [1.807, 2.05) is 97.1 Å². The van der Waals surface area contributed by atoms with Crippen molar-refractivity contribution in [1.82, 2.24) is 10.6 Å². The summed E-state index contributed by atoms with van der Waals surface area (Å²) in [6, 6.07) is 35.4. The molecule has 0 heterocycles. The molecule has 4 rings (SSSR count). The minimum Gasteiger partial charge on any atom is -0.445 e. The van der Waals surface area contributed by atoms with Gasteiger partial charge in [0.1, 0.15) is 6.61 Å². The highest BCUT2D eigenvalue weighted by Gasteiger charge is 2.38. The van der Waals surface area contributed by atoms with Crippen molar-refractivity contribution in [3.05, 3.63) is 144 Å². The number of nitrogens with two attached hydrogens (primary N) is 1. The molecule has 0 bridgehead atoms. The maximum Gasteiger partial charge on any atom is 0.408 e. The number of carbonyl (C=O) groups is 3. The summed E-state index contributed by atoms with van der Waals surface area (Å²) in [5, 5.41) is 17.3. The van der Waals surface area contributed by atoms with E-state index in [2.05, 4.69) is 10.6 Å². The summed E-state index contributed by atoms with van der Waals surface area (Å²) in [4.78, 5) is 40.1. The van der Waals surface area contributed by atoms with E-state index < -0.39 is 41.9 Å². The molecule has 0 aliphatic rings. The molecule has 0 saturated carbocycles. The molecule has 1 unspecified atom stereocenters. The van der Waals surface area contributed by atoms with Crippen molar-refractivity contribution in [2.45, 2.75) is 51.1 Å². The fourth-order valence-corrected chi connectivity index (χ4v) is 5.34. The molecule has 2 amide bonds. The molecule has 0 radical (unpaired) electrons. The molecule has 4 aromatic rings. The number of aliphatic hydroxyl groups is 1. The second-order valence-electron chi connectivity index (χ2n) is 11.2. The van der Waals surface area contributed by atoms with Crippen LogP contribution in [-0.4, -0.2) is 35.0 Å². The van der Waals surface area contributed by atoms with Crippen LogP contribution >= 0.6 is 0 Å². The third-order valence-corrected chi connectivity index (χ3v) is 7.82. The molecule has 5 atom stereocenters. The monoisotopic (exact) mass is 607 g/mol. The number of carbonyl (C=O) groups excluding carboxylic acids is 3. The van der Waals surface area contributed by atoms with Crippen molar-refractivity contribution in [2.24, 2.45) is 17.6 Å². The molecule has 4 aromatic carbocycles. The first kappa shape index (κ1) is 33.1. The fraction of sp³-hybridized carbons (Fsp3) is 0.270. The average Bonchev–Trinajstić information content (AvgIpc) is 3.07. The molecule has 234 valence electrons. The van der Waals surface area contributed by atoms with Gasteiger partial charge in [-0.25, -0.2) is 4.79 Å². The Balaban J connectivity index is 1.51. The highest BCUT2D eigenvalue weighted by Crippen LogP contribution is 2.29. The van der Waals surface area contributed by atoms with E-state index in [9.17, 15) is 19.5 Å². The van der Waals surface area contributed by atoms with Gasteiger partial charge in [0.25, 0.3) is 0 Å². The number of benzene rings is 4. The van der Waals surface area contributed by atoms with Gasteiger partial charge in [-0.15, -0.1) is 0 Å². The molecule has 5 N–H and O–H groups in total. The molecular weight excluding hydrogens is 566 g/mol. The summed E-state index contributed by atoms with van der Waals surface area (Å²) >= 11 is 0. The smallest absolute Gasteiger partial charge is 0.408 e. The van der Waals surface area contributed by atoms with Crippen LogP contribution in [0.25, 0.3) is 0 Å². The van der Waals surface area contributed by atoms with Crippen LogP contribution in [0.1, 0.15) is 41.6 Å². The molecule has 0 aliphatic heterocycles. The van der Waals surface area contributed by atoms with Gasteiger partial charge in [0.05, 0.1) is 18.1 Å². The van der Waals surface area contributed by atoms with Gasteiger partial charge >= 0.3 is 6.09 Å². The Labute approximate surface area is 264 Å². The lowest BCUT2D eigenvalue weighted by molar-refractivity contribution is -0.132. The Hall–Kier alpha value is -4.79. The standard InChI is InChI=1S/C37H41N3O5/c1-26(40-37(44)45-25-29-18-10-4-11-19-29)35(42)33(34(38)30-20-12-5-13-21-30)32(41)23-31(22-27-14-6-2-7-15-27)36(43)39-24-28-16-8-3-9-17-28/h2-21,26,31-34,41H,22-25,38H2,1H3,(H,39,43)(H,40,44)/t26-,31+,32-,33+,34?/m0/s1. The Morgan fingerprint density at radius 2 is 1.27 bits per heavy atom. The van der Waals surface area contributed by atoms with Crippen molar-refractivity contribution in [1.29, 1.82) is 0 Å². The van der Waals surface area contributed by atoms with E-state index in [1.165, 1.54) is 6.92 Å². The summed E-state index contributed by atoms with van der Waals surface area (Å²) in [5.41, 5.74) is 9.99. The third kappa shape index (κ3) is 10.1. The summed E-state index contributed by atoms with van der Waals surface area (Å²) in [6.45, 7) is 1.92.